The van der Waals surface area contributed by atoms with Gasteiger partial charge in [0.2, 0.25) is 12.7 Å². The highest BCUT2D eigenvalue weighted by molar-refractivity contribution is 7.99. The predicted octanol–water partition coefficient (Wildman–Crippen LogP) is 5.57. The summed E-state index contributed by atoms with van der Waals surface area (Å²) in [6.07, 6.45) is 0. The highest BCUT2D eigenvalue weighted by Crippen LogP contribution is 2.35. The average Bonchev–Trinajstić information content (AvgIpc) is 3.56. The lowest BCUT2D eigenvalue weighted by molar-refractivity contribution is -0.113. The molecule has 3 aromatic carbocycles. The number of ether oxygens (including phenoxy) is 2. The van der Waals surface area contributed by atoms with Crippen molar-refractivity contribution in [2.45, 2.75) is 5.16 Å². The number of para-hydroxylation sites is 1. The van der Waals surface area contributed by atoms with Crippen LogP contribution in [-0.2, 0) is 4.79 Å². The van der Waals surface area contributed by atoms with E-state index in [-0.39, 0.29) is 24.0 Å². The standard InChI is InChI=1S/C27H19N3O4S2/c31-24(28-18-11-12-21-22(13-18)34-16-33-21)15-35-27-29-25-20(14-23(36-25)17-7-3-1-4-8-17)26(32)30(27)19-9-5-2-6-10-19/h1-14H,15-16H2,(H,28,31). The molecule has 1 amide bonds. The van der Waals surface area contributed by atoms with Gasteiger partial charge in [0.25, 0.3) is 5.56 Å². The number of rotatable bonds is 6. The second-order valence-electron chi connectivity index (χ2n) is 7.97. The van der Waals surface area contributed by atoms with E-state index in [2.05, 4.69) is 5.32 Å². The summed E-state index contributed by atoms with van der Waals surface area (Å²) in [5.74, 6) is 1.11. The third kappa shape index (κ3) is 4.34. The Morgan fingerprint density at radius 1 is 0.972 bits per heavy atom. The van der Waals surface area contributed by atoms with Crippen LogP contribution in [0.25, 0.3) is 26.3 Å². The van der Waals surface area contributed by atoms with E-state index < -0.39 is 0 Å². The lowest BCUT2D eigenvalue weighted by atomic mass is 10.2. The van der Waals surface area contributed by atoms with Gasteiger partial charge < -0.3 is 14.8 Å². The van der Waals surface area contributed by atoms with Crippen molar-refractivity contribution < 1.29 is 14.3 Å². The largest absolute Gasteiger partial charge is 0.454 e. The van der Waals surface area contributed by atoms with Crippen LogP contribution in [0.15, 0.2) is 94.9 Å². The number of thiophene rings is 1. The van der Waals surface area contributed by atoms with Crippen LogP contribution >= 0.6 is 23.1 Å². The van der Waals surface area contributed by atoms with Gasteiger partial charge in [0.05, 0.1) is 16.8 Å². The van der Waals surface area contributed by atoms with Crippen LogP contribution in [0.5, 0.6) is 11.5 Å². The van der Waals surface area contributed by atoms with Crippen molar-refractivity contribution in [2.75, 3.05) is 17.9 Å². The Bertz CT molecular complexity index is 1630. The molecule has 0 spiro atoms. The van der Waals surface area contributed by atoms with Crippen molar-refractivity contribution >= 4 is 44.9 Å². The number of thioether (sulfide) groups is 1. The Hall–Kier alpha value is -4.08. The average molecular weight is 514 g/mol. The number of amides is 1. The summed E-state index contributed by atoms with van der Waals surface area (Å²) in [6, 6.07) is 26.4. The van der Waals surface area contributed by atoms with Crippen molar-refractivity contribution in [3.63, 3.8) is 0 Å². The summed E-state index contributed by atoms with van der Waals surface area (Å²) in [5.41, 5.74) is 2.18. The molecule has 0 fully saturated rings. The summed E-state index contributed by atoms with van der Waals surface area (Å²) >= 11 is 2.69. The monoisotopic (exact) mass is 513 g/mol. The number of carbonyl (C=O) groups is 1. The highest BCUT2D eigenvalue weighted by atomic mass is 32.2. The topological polar surface area (TPSA) is 82.5 Å². The lowest BCUT2D eigenvalue weighted by Crippen LogP contribution is -2.22. The zero-order valence-electron chi connectivity index (χ0n) is 18.8. The van der Waals surface area contributed by atoms with E-state index in [0.29, 0.717) is 38.2 Å². The SMILES string of the molecule is O=C(CSc1nc2sc(-c3ccccc3)cc2c(=O)n1-c1ccccc1)Nc1ccc2c(c1)OCO2. The number of fused-ring (bicyclic) bond motifs is 2. The van der Waals surface area contributed by atoms with Crippen LogP contribution in [0, 0.1) is 0 Å². The Morgan fingerprint density at radius 2 is 1.72 bits per heavy atom. The molecule has 9 heteroatoms. The van der Waals surface area contributed by atoms with Crippen LogP contribution in [0.1, 0.15) is 0 Å². The molecule has 5 aromatic rings. The Labute approximate surface area is 214 Å². The van der Waals surface area contributed by atoms with Crippen molar-refractivity contribution in [1.29, 1.82) is 0 Å². The molecular weight excluding hydrogens is 494 g/mol. The summed E-state index contributed by atoms with van der Waals surface area (Å²) in [6.45, 7) is 0.169. The molecule has 0 bridgehead atoms. The van der Waals surface area contributed by atoms with Crippen molar-refractivity contribution in [1.82, 2.24) is 9.55 Å². The number of aromatic nitrogens is 2. The number of carbonyl (C=O) groups excluding carboxylic acids is 1. The van der Waals surface area contributed by atoms with E-state index in [1.165, 1.54) is 23.1 Å². The molecule has 36 heavy (non-hydrogen) atoms. The van der Waals surface area contributed by atoms with E-state index in [1.807, 2.05) is 66.7 Å². The van der Waals surface area contributed by atoms with E-state index >= 15 is 0 Å². The molecule has 0 radical (unpaired) electrons. The number of hydrogen-bond acceptors (Lipinski definition) is 7. The van der Waals surface area contributed by atoms with E-state index in [1.54, 1.807) is 22.8 Å². The molecule has 7 nitrogen and oxygen atoms in total. The number of anilines is 1. The molecule has 6 rings (SSSR count). The van der Waals surface area contributed by atoms with Crippen molar-refractivity contribution in [2.24, 2.45) is 0 Å². The highest BCUT2D eigenvalue weighted by Gasteiger charge is 2.18. The molecule has 2 aromatic heterocycles. The van der Waals surface area contributed by atoms with Gasteiger partial charge >= 0.3 is 0 Å². The first-order valence-electron chi connectivity index (χ1n) is 11.2. The van der Waals surface area contributed by atoms with Gasteiger partial charge in [-0.15, -0.1) is 11.3 Å². The molecule has 1 aliphatic heterocycles. The Morgan fingerprint density at radius 3 is 2.53 bits per heavy atom. The summed E-state index contributed by atoms with van der Waals surface area (Å²) in [7, 11) is 0. The third-order valence-corrected chi connectivity index (χ3v) is 7.61. The smallest absolute Gasteiger partial charge is 0.267 e. The molecule has 0 unspecified atom stereocenters. The van der Waals surface area contributed by atoms with Gasteiger partial charge in [0, 0.05) is 16.6 Å². The molecule has 0 aliphatic carbocycles. The fraction of sp³-hybridized carbons (Fsp3) is 0.0741. The predicted molar refractivity (Wildman–Crippen MR) is 143 cm³/mol. The minimum Gasteiger partial charge on any atom is -0.454 e. The maximum absolute atomic E-state index is 13.6. The maximum atomic E-state index is 13.6. The van der Waals surface area contributed by atoms with Gasteiger partial charge in [0.1, 0.15) is 4.83 Å². The first kappa shape index (κ1) is 22.4. The van der Waals surface area contributed by atoms with Gasteiger partial charge in [0.15, 0.2) is 16.7 Å². The van der Waals surface area contributed by atoms with E-state index in [0.717, 1.165) is 10.4 Å². The van der Waals surface area contributed by atoms with Crippen LogP contribution in [-0.4, -0.2) is 28.0 Å². The van der Waals surface area contributed by atoms with Crippen LogP contribution < -0.4 is 20.3 Å². The molecule has 1 N–H and O–H groups in total. The van der Waals surface area contributed by atoms with Crippen molar-refractivity contribution in [3.8, 4) is 27.6 Å². The number of benzene rings is 3. The molecule has 0 saturated carbocycles. The molecule has 178 valence electrons. The Kier molecular flexibility index (Phi) is 5.92. The zero-order valence-corrected chi connectivity index (χ0v) is 20.5. The van der Waals surface area contributed by atoms with Crippen LogP contribution in [0.4, 0.5) is 5.69 Å². The van der Waals surface area contributed by atoms with Gasteiger partial charge in [-0.1, -0.05) is 60.3 Å². The van der Waals surface area contributed by atoms with Gasteiger partial charge in [-0.2, -0.15) is 0 Å². The first-order valence-corrected chi connectivity index (χ1v) is 13.0. The minimum atomic E-state index is -0.219. The number of nitrogens with zero attached hydrogens (tertiary/aromatic N) is 2. The van der Waals surface area contributed by atoms with Gasteiger partial charge in [-0.25, -0.2) is 4.98 Å². The fourth-order valence-electron chi connectivity index (χ4n) is 3.91. The fourth-order valence-corrected chi connectivity index (χ4v) is 5.80. The summed E-state index contributed by atoms with van der Waals surface area (Å²) < 4.78 is 12.3. The minimum absolute atomic E-state index is 0.0795. The zero-order chi connectivity index (χ0) is 24.5. The number of hydrogen-bond donors (Lipinski definition) is 1. The van der Waals surface area contributed by atoms with Crippen LogP contribution in [0.3, 0.4) is 0 Å². The summed E-state index contributed by atoms with van der Waals surface area (Å²) in [5, 5.41) is 3.88. The second-order valence-corrected chi connectivity index (χ2v) is 9.94. The van der Waals surface area contributed by atoms with Gasteiger partial charge in [-0.3, -0.25) is 14.2 Å². The first-order chi connectivity index (χ1) is 17.7. The van der Waals surface area contributed by atoms with E-state index in [4.69, 9.17) is 14.5 Å². The molecule has 0 saturated heterocycles. The quantitative estimate of drug-likeness (QED) is 0.236. The molecule has 3 heterocycles. The van der Waals surface area contributed by atoms with E-state index in [9.17, 15) is 9.59 Å². The molecular formula is C27H19N3O4S2. The molecule has 1 aliphatic rings. The molecule has 0 atom stereocenters. The normalized spacial score (nSPS) is 12.1. The van der Waals surface area contributed by atoms with Crippen LogP contribution in [0.2, 0.25) is 0 Å². The second kappa shape index (κ2) is 9.52. The van der Waals surface area contributed by atoms with Gasteiger partial charge in [-0.05, 0) is 35.9 Å². The summed E-state index contributed by atoms with van der Waals surface area (Å²) in [4.78, 5) is 32.8. The van der Waals surface area contributed by atoms with Crippen molar-refractivity contribution in [3.05, 3.63) is 95.3 Å². The Balaban J connectivity index is 1.32. The maximum Gasteiger partial charge on any atom is 0.267 e. The lowest BCUT2D eigenvalue weighted by Gasteiger charge is -2.12. The third-order valence-electron chi connectivity index (χ3n) is 5.60. The number of nitrogens with one attached hydrogen (secondary N) is 1.